The summed E-state index contributed by atoms with van der Waals surface area (Å²) in [4.78, 5) is 16.7. The Bertz CT molecular complexity index is 848. The van der Waals surface area contributed by atoms with Crippen molar-refractivity contribution in [1.82, 2.24) is 19.7 Å². The first-order valence-corrected chi connectivity index (χ1v) is 9.08. The molecule has 0 spiro atoms. The highest BCUT2D eigenvalue weighted by Crippen LogP contribution is 2.27. The molecule has 0 bridgehead atoms. The fourth-order valence-electron chi connectivity index (χ4n) is 2.97. The number of nitrogens with zero attached hydrogens (tertiary/aromatic N) is 5. The van der Waals surface area contributed by atoms with E-state index in [2.05, 4.69) is 15.1 Å². The van der Waals surface area contributed by atoms with E-state index < -0.39 is 0 Å². The van der Waals surface area contributed by atoms with Crippen LogP contribution >= 0.6 is 11.3 Å². The van der Waals surface area contributed by atoms with E-state index in [1.807, 2.05) is 24.4 Å². The number of furan rings is 1. The molecular formula is C17H19N5O2S. The molecule has 0 saturated carbocycles. The smallest absolute Gasteiger partial charge is 0.271 e. The topological polar surface area (TPSA) is 67.4 Å². The second-order valence-electron chi connectivity index (χ2n) is 6.07. The molecule has 25 heavy (non-hydrogen) atoms. The van der Waals surface area contributed by atoms with Gasteiger partial charge in [-0.1, -0.05) is 11.3 Å². The third-order valence-corrected chi connectivity index (χ3v) is 5.26. The van der Waals surface area contributed by atoms with Gasteiger partial charge < -0.3 is 14.2 Å². The van der Waals surface area contributed by atoms with Gasteiger partial charge >= 0.3 is 0 Å². The molecule has 0 aromatic carbocycles. The van der Waals surface area contributed by atoms with E-state index in [1.54, 1.807) is 28.8 Å². The third-order valence-electron chi connectivity index (χ3n) is 4.27. The van der Waals surface area contributed by atoms with Crippen molar-refractivity contribution in [1.29, 1.82) is 0 Å². The van der Waals surface area contributed by atoms with Crippen LogP contribution in [0.1, 0.15) is 29.1 Å². The molecule has 0 atom stereocenters. The van der Waals surface area contributed by atoms with Gasteiger partial charge in [-0.25, -0.2) is 0 Å². The van der Waals surface area contributed by atoms with Crippen molar-refractivity contribution in [3.05, 3.63) is 48.2 Å². The van der Waals surface area contributed by atoms with Gasteiger partial charge in [0.25, 0.3) is 5.91 Å². The van der Waals surface area contributed by atoms with E-state index in [0.29, 0.717) is 17.4 Å². The molecule has 1 fully saturated rings. The van der Waals surface area contributed by atoms with E-state index in [9.17, 15) is 4.79 Å². The summed E-state index contributed by atoms with van der Waals surface area (Å²) in [6, 6.07) is 7.33. The lowest BCUT2D eigenvalue weighted by Gasteiger charge is -2.16. The Morgan fingerprint density at radius 2 is 2.04 bits per heavy atom. The zero-order valence-corrected chi connectivity index (χ0v) is 14.8. The Labute approximate surface area is 149 Å². The molecule has 1 aliphatic heterocycles. The maximum absolute atomic E-state index is 12.8. The maximum atomic E-state index is 12.8. The second kappa shape index (κ2) is 6.72. The molecular weight excluding hydrogens is 338 g/mol. The number of amides is 1. The SMILES string of the molecule is CN(Cc1ccco1)C(=O)c1cccn1-c1nnc(N2CCCC2)s1. The van der Waals surface area contributed by atoms with Crippen molar-refractivity contribution in [3.63, 3.8) is 0 Å². The van der Waals surface area contributed by atoms with Crippen molar-refractivity contribution < 1.29 is 9.21 Å². The Morgan fingerprint density at radius 3 is 2.80 bits per heavy atom. The molecule has 8 heteroatoms. The zero-order valence-electron chi connectivity index (χ0n) is 14.0. The summed E-state index contributed by atoms with van der Waals surface area (Å²) >= 11 is 1.51. The fraction of sp³-hybridized carbons (Fsp3) is 0.353. The largest absolute Gasteiger partial charge is 0.467 e. The molecule has 0 N–H and O–H groups in total. The number of rotatable bonds is 5. The fourth-order valence-corrected chi connectivity index (χ4v) is 3.86. The van der Waals surface area contributed by atoms with Crippen molar-refractivity contribution in [2.45, 2.75) is 19.4 Å². The first kappa shape index (κ1) is 15.9. The molecule has 0 aliphatic carbocycles. The highest BCUT2D eigenvalue weighted by Gasteiger charge is 2.21. The van der Waals surface area contributed by atoms with E-state index >= 15 is 0 Å². The van der Waals surface area contributed by atoms with Crippen LogP contribution in [-0.2, 0) is 6.54 Å². The third kappa shape index (κ3) is 3.17. The van der Waals surface area contributed by atoms with Crippen molar-refractivity contribution in [3.8, 4) is 5.13 Å². The van der Waals surface area contributed by atoms with E-state index in [0.717, 1.165) is 24.0 Å². The quantitative estimate of drug-likeness (QED) is 0.702. The summed E-state index contributed by atoms with van der Waals surface area (Å²) in [5.41, 5.74) is 0.568. The van der Waals surface area contributed by atoms with Gasteiger partial charge in [0.15, 0.2) is 0 Å². The molecule has 1 saturated heterocycles. The van der Waals surface area contributed by atoms with Crippen LogP contribution in [0.4, 0.5) is 5.13 Å². The van der Waals surface area contributed by atoms with Gasteiger partial charge in [-0.2, -0.15) is 0 Å². The van der Waals surface area contributed by atoms with Gasteiger partial charge in [-0.15, -0.1) is 10.2 Å². The number of hydrogen-bond acceptors (Lipinski definition) is 6. The Hall–Kier alpha value is -2.61. The zero-order chi connectivity index (χ0) is 17.2. The molecule has 7 nitrogen and oxygen atoms in total. The molecule has 0 unspecified atom stereocenters. The average Bonchev–Trinajstić information content (AvgIpc) is 3.40. The Morgan fingerprint density at radius 1 is 1.24 bits per heavy atom. The lowest BCUT2D eigenvalue weighted by Crippen LogP contribution is -2.27. The normalized spacial score (nSPS) is 14.2. The van der Waals surface area contributed by atoms with Crippen LogP contribution in [-0.4, -0.2) is 45.7 Å². The summed E-state index contributed by atoms with van der Waals surface area (Å²) in [6.45, 7) is 2.47. The van der Waals surface area contributed by atoms with Crippen LogP contribution < -0.4 is 4.90 Å². The van der Waals surface area contributed by atoms with E-state index in [4.69, 9.17) is 4.42 Å². The van der Waals surface area contributed by atoms with Crippen LogP contribution in [0, 0.1) is 0 Å². The highest BCUT2D eigenvalue weighted by atomic mass is 32.1. The summed E-state index contributed by atoms with van der Waals surface area (Å²) in [6.07, 6.45) is 5.85. The molecule has 3 aromatic heterocycles. The number of hydrogen-bond donors (Lipinski definition) is 0. The van der Waals surface area contributed by atoms with Gasteiger partial charge in [0.05, 0.1) is 12.8 Å². The average molecular weight is 357 g/mol. The summed E-state index contributed by atoms with van der Waals surface area (Å²) in [7, 11) is 1.76. The van der Waals surface area contributed by atoms with Crippen molar-refractivity contribution >= 4 is 22.4 Å². The standard InChI is InChI=1S/C17H19N5O2S/c1-20(12-13-6-5-11-24-13)15(23)14-7-4-10-22(14)17-19-18-16(25-17)21-8-2-3-9-21/h4-7,10-11H,2-3,8-9,12H2,1H3. The minimum absolute atomic E-state index is 0.0840. The highest BCUT2D eigenvalue weighted by molar-refractivity contribution is 7.17. The molecule has 1 amide bonds. The number of carbonyl (C=O) groups excluding carboxylic acids is 1. The Balaban J connectivity index is 1.54. The monoisotopic (exact) mass is 357 g/mol. The number of carbonyl (C=O) groups is 1. The Kier molecular flexibility index (Phi) is 4.27. The number of anilines is 1. The van der Waals surface area contributed by atoms with Gasteiger partial charge in [0.1, 0.15) is 11.5 Å². The molecule has 4 heterocycles. The van der Waals surface area contributed by atoms with Gasteiger partial charge in [-0.3, -0.25) is 9.36 Å². The molecule has 4 rings (SSSR count). The van der Waals surface area contributed by atoms with E-state index in [-0.39, 0.29) is 5.91 Å². The second-order valence-corrected chi connectivity index (χ2v) is 7.00. The molecule has 0 radical (unpaired) electrons. The van der Waals surface area contributed by atoms with Gasteiger partial charge in [-0.05, 0) is 37.1 Å². The van der Waals surface area contributed by atoms with Crippen LogP contribution in [0.5, 0.6) is 0 Å². The van der Waals surface area contributed by atoms with E-state index in [1.165, 1.54) is 24.2 Å². The van der Waals surface area contributed by atoms with Crippen LogP contribution in [0.25, 0.3) is 5.13 Å². The minimum Gasteiger partial charge on any atom is -0.467 e. The first-order valence-electron chi connectivity index (χ1n) is 8.26. The molecule has 1 aliphatic rings. The van der Waals surface area contributed by atoms with Crippen molar-refractivity contribution in [2.75, 3.05) is 25.0 Å². The molecule has 130 valence electrons. The van der Waals surface area contributed by atoms with Gasteiger partial charge in [0.2, 0.25) is 10.3 Å². The predicted molar refractivity (Wildman–Crippen MR) is 95.2 cm³/mol. The minimum atomic E-state index is -0.0840. The summed E-state index contributed by atoms with van der Waals surface area (Å²) in [5.74, 6) is 0.667. The van der Waals surface area contributed by atoms with Crippen molar-refractivity contribution in [2.24, 2.45) is 0 Å². The lowest BCUT2D eigenvalue weighted by atomic mass is 10.3. The van der Waals surface area contributed by atoms with Crippen LogP contribution in [0.3, 0.4) is 0 Å². The maximum Gasteiger partial charge on any atom is 0.271 e. The van der Waals surface area contributed by atoms with Crippen LogP contribution in [0.2, 0.25) is 0 Å². The first-order chi connectivity index (χ1) is 12.2. The predicted octanol–water partition coefficient (Wildman–Crippen LogP) is 2.79. The lowest BCUT2D eigenvalue weighted by molar-refractivity contribution is 0.0767. The van der Waals surface area contributed by atoms with Gasteiger partial charge in [0, 0.05) is 26.3 Å². The summed E-state index contributed by atoms with van der Waals surface area (Å²) < 4.78 is 7.12. The molecule has 3 aromatic rings. The number of aromatic nitrogens is 3. The summed E-state index contributed by atoms with van der Waals surface area (Å²) in [5, 5.41) is 10.2. The van der Waals surface area contributed by atoms with Crippen LogP contribution in [0.15, 0.2) is 41.1 Å².